The number of nitrogens with zero attached hydrogens (tertiary/aromatic N) is 2. The third kappa shape index (κ3) is 1.11. The van der Waals surface area contributed by atoms with Crippen LogP contribution in [0.2, 0.25) is 0 Å². The molecule has 2 aromatic rings. The first-order valence-electron chi connectivity index (χ1n) is 3.11. The summed E-state index contributed by atoms with van der Waals surface area (Å²) < 4.78 is 3.00. The van der Waals surface area contributed by atoms with Crippen LogP contribution in [0.5, 0.6) is 0 Å². The van der Waals surface area contributed by atoms with Crippen LogP contribution in [0.25, 0.3) is 5.65 Å². The maximum absolute atomic E-state index is 10.9. The van der Waals surface area contributed by atoms with Crippen LogP contribution in [0.15, 0.2) is 26.1 Å². The van der Waals surface area contributed by atoms with Crippen LogP contribution < -0.4 is 5.56 Å². The molecule has 6 heteroatoms. The van der Waals surface area contributed by atoms with Gasteiger partial charge in [0.2, 0.25) is 0 Å². The number of rotatable bonds is 0. The van der Waals surface area contributed by atoms with Crippen molar-refractivity contribution in [2.75, 3.05) is 0 Å². The highest BCUT2D eigenvalue weighted by atomic mass is 79.9. The second kappa shape index (κ2) is 2.70. The summed E-state index contributed by atoms with van der Waals surface area (Å²) >= 11 is 6.52. The van der Waals surface area contributed by atoms with E-state index in [2.05, 4.69) is 41.9 Å². The van der Waals surface area contributed by atoms with Crippen molar-refractivity contribution in [3.63, 3.8) is 0 Å². The van der Waals surface area contributed by atoms with Crippen molar-refractivity contribution in [3.05, 3.63) is 31.7 Å². The standard InChI is InChI=1S/C6H3Br2N3O/c7-4-5(8)10-11-2-1-3(12)9-6(4)11/h1-2H,(H,9,12). The van der Waals surface area contributed by atoms with Gasteiger partial charge in [0.15, 0.2) is 5.65 Å². The van der Waals surface area contributed by atoms with Gasteiger partial charge in [0, 0.05) is 12.3 Å². The van der Waals surface area contributed by atoms with Crippen LogP contribution >= 0.6 is 31.9 Å². The van der Waals surface area contributed by atoms with Crippen molar-refractivity contribution in [3.8, 4) is 0 Å². The van der Waals surface area contributed by atoms with E-state index in [-0.39, 0.29) is 5.56 Å². The molecular formula is C6H3Br2N3O. The summed E-state index contributed by atoms with van der Waals surface area (Å²) in [5.74, 6) is 0. The average molecular weight is 293 g/mol. The molecule has 2 heterocycles. The Bertz CT molecular complexity index is 487. The van der Waals surface area contributed by atoms with Gasteiger partial charge in [-0.15, -0.1) is 0 Å². The minimum atomic E-state index is -0.143. The Morgan fingerprint density at radius 3 is 3.00 bits per heavy atom. The second-order valence-electron chi connectivity index (χ2n) is 2.20. The normalized spacial score (nSPS) is 10.8. The Labute approximate surface area is 83.9 Å². The topological polar surface area (TPSA) is 50.2 Å². The Morgan fingerprint density at radius 1 is 1.50 bits per heavy atom. The van der Waals surface area contributed by atoms with E-state index < -0.39 is 0 Å². The molecule has 2 rings (SSSR count). The molecule has 0 spiro atoms. The molecule has 4 nitrogen and oxygen atoms in total. The van der Waals surface area contributed by atoms with Gasteiger partial charge in [0.25, 0.3) is 5.56 Å². The molecule has 0 fully saturated rings. The number of fused-ring (bicyclic) bond motifs is 1. The lowest BCUT2D eigenvalue weighted by molar-refractivity contribution is 0.920. The van der Waals surface area contributed by atoms with Gasteiger partial charge in [-0.05, 0) is 31.9 Å². The van der Waals surface area contributed by atoms with Gasteiger partial charge in [0.05, 0.1) is 4.47 Å². The summed E-state index contributed by atoms with van der Waals surface area (Å²) in [6.07, 6.45) is 1.60. The minimum Gasteiger partial charge on any atom is -0.306 e. The lowest BCUT2D eigenvalue weighted by Gasteiger charge is -1.89. The van der Waals surface area contributed by atoms with Gasteiger partial charge < -0.3 is 4.98 Å². The van der Waals surface area contributed by atoms with E-state index in [1.54, 1.807) is 10.7 Å². The van der Waals surface area contributed by atoms with Crippen LogP contribution in [-0.4, -0.2) is 14.6 Å². The number of nitrogens with one attached hydrogen (secondary N) is 1. The van der Waals surface area contributed by atoms with E-state index in [1.807, 2.05) is 0 Å². The fourth-order valence-corrected chi connectivity index (χ4v) is 1.62. The molecule has 2 aromatic heterocycles. The fraction of sp³-hybridized carbons (Fsp3) is 0. The van der Waals surface area contributed by atoms with Gasteiger partial charge in [0.1, 0.15) is 4.60 Å². The minimum absolute atomic E-state index is 0.143. The number of hydrogen-bond donors (Lipinski definition) is 1. The smallest absolute Gasteiger partial charge is 0.251 e. The number of aromatic nitrogens is 3. The molecule has 1 N–H and O–H groups in total. The summed E-state index contributed by atoms with van der Waals surface area (Å²) in [5.41, 5.74) is 0.505. The molecule has 0 saturated carbocycles. The van der Waals surface area contributed by atoms with Crippen molar-refractivity contribution in [2.24, 2.45) is 0 Å². The predicted octanol–water partition coefficient (Wildman–Crippen LogP) is 1.55. The molecular weight excluding hydrogens is 290 g/mol. The summed E-state index contributed by atoms with van der Waals surface area (Å²) in [6, 6.07) is 1.42. The number of hydrogen-bond acceptors (Lipinski definition) is 2. The van der Waals surface area contributed by atoms with Crippen LogP contribution in [0, 0.1) is 0 Å². The summed E-state index contributed by atoms with van der Waals surface area (Å²) in [5, 5.41) is 4.07. The molecule has 0 aliphatic carbocycles. The van der Waals surface area contributed by atoms with E-state index in [1.165, 1.54) is 6.07 Å². The Hall–Kier alpha value is -0.620. The highest BCUT2D eigenvalue weighted by Gasteiger charge is 2.06. The molecule has 0 atom stereocenters. The molecule has 0 aliphatic heterocycles. The Kier molecular flexibility index (Phi) is 1.80. The van der Waals surface area contributed by atoms with Crippen molar-refractivity contribution < 1.29 is 0 Å². The molecule has 0 aliphatic rings. The lowest BCUT2D eigenvalue weighted by Crippen LogP contribution is -2.05. The van der Waals surface area contributed by atoms with E-state index in [0.29, 0.717) is 10.3 Å². The zero-order chi connectivity index (χ0) is 8.72. The molecule has 0 radical (unpaired) electrons. The molecule has 0 amide bonds. The Morgan fingerprint density at radius 2 is 2.25 bits per heavy atom. The molecule has 0 aromatic carbocycles. The second-order valence-corrected chi connectivity index (χ2v) is 3.75. The van der Waals surface area contributed by atoms with E-state index in [0.717, 1.165) is 4.47 Å². The van der Waals surface area contributed by atoms with Gasteiger partial charge in [-0.25, -0.2) is 4.52 Å². The molecule has 0 unspecified atom stereocenters. The molecule has 0 saturated heterocycles. The molecule has 0 bridgehead atoms. The third-order valence-electron chi connectivity index (χ3n) is 1.42. The van der Waals surface area contributed by atoms with Crippen molar-refractivity contribution in [1.82, 2.24) is 14.6 Å². The zero-order valence-electron chi connectivity index (χ0n) is 5.71. The number of aromatic amines is 1. The van der Waals surface area contributed by atoms with Crippen LogP contribution in [-0.2, 0) is 0 Å². The zero-order valence-corrected chi connectivity index (χ0v) is 8.89. The maximum atomic E-state index is 10.9. The maximum Gasteiger partial charge on any atom is 0.251 e. The molecule has 12 heavy (non-hydrogen) atoms. The average Bonchev–Trinajstić information content (AvgIpc) is 2.31. The molecule has 62 valence electrons. The summed E-state index contributed by atoms with van der Waals surface area (Å²) in [6.45, 7) is 0. The SMILES string of the molecule is O=c1ccn2nc(Br)c(Br)c2[nH]1. The van der Waals surface area contributed by atoms with Gasteiger partial charge in [-0.2, -0.15) is 5.10 Å². The van der Waals surface area contributed by atoms with Crippen LogP contribution in [0.4, 0.5) is 0 Å². The van der Waals surface area contributed by atoms with Gasteiger partial charge >= 0.3 is 0 Å². The number of H-pyrrole nitrogens is 1. The fourth-order valence-electron chi connectivity index (χ4n) is 0.903. The van der Waals surface area contributed by atoms with Crippen LogP contribution in [0.1, 0.15) is 0 Å². The first-order chi connectivity index (χ1) is 5.68. The van der Waals surface area contributed by atoms with Crippen LogP contribution in [0.3, 0.4) is 0 Å². The quantitative estimate of drug-likeness (QED) is 0.801. The van der Waals surface area contributed by atoms with Crippen molar-refractivity contribution >= 4 is 37.5 Å². The van der Waals surface area contributed by atoms with Crippen molar-refractivity contribution in [1.29, 1.82) is 0 Å². The summed E-state index contributed by atoms with van der Waals surface area (Å²) in [4.78, 5) is 13.6. The lowest BCUT2D eigenvalue weighted by atomic mass is 10.6. The highest BCUT2D eigenvalue weighted by Crippen LogP contribution is 2.24. The summed E-state index contributed by atoms with van der Waals surface area (Å²) in [7, 11) is 0. The van der Waals surface area contributed by atoms with Gasteiger partial charge in [-0.3, -0.25) is 4.79 Å². The highest BCUT2D eigenvalue weighted by molar-refractivity contribution is 9.13. The van der Waals surface area contributed by atoms with E-state index in [4.69, 9.17) is 0 Å². The van der Waals surface area contributed by atoms with Crippen molar-refractivity contribution in [2.45, 2.75) is 0 Å². The van der Waals surface area contributed by atoms with Gasteiger partial charge in [-0.1, -0.05) is 0 Å². The number of halogens is 2. The third-order valence-corrected chi connectivity index (χ3v) is 3.26. The largest absolute Gasteiger partial charge is 0.306 e. The van der Waals surface area contributed by atoms with E-state index in [9.17, 15) is 4.79 Å². The first-order valence-corrected chi connectivity index (χ1v) is 4.70. The van der Waals surface area contributed by atoms with E-state index >= 15 is 0 Å². The first kappa shape index (κ1) is 8.00. The monoisotopic (exact) mass is 291 g/mol. The predicted molar refractivity (Wildman–Crippen MR) is 51.2 cm³/mol. The Balaban J connectivity index is 2.98.